The number of unbranched alkanes of at least 4 members (excludes halogenated alkanes) is 2. The van der Waals surface area contributed by atoms with Gasteiger partial charge in [-0.25, -0.2) is 0 Å². The largest absolute Gasteiger partial charge is 0.299 e. The van der Waals surface area contributed by atoms with Crippen molar-refractivity contribution in [3.05, 3.63) is 34.3 Å². The van der Waals surface area contributed by atoms with Crippen LogP contribution in [0.3, 0.4) is 0 Å². The molecule has 1 unspecified atom stereocenters. The molecular formula is C15H19BrO2. The van der Waals surface area contributed by atoms with E-state index in [1.165, 1.54) is 0 Å². The number of ketones is 2. The number of hydrogen-bond donors (Lipinski definition) is 0. The molecule has 98 valence electrons. The normalized spacial score (nSPS) is 12.2. The Hall–Kier alpha value is -0.960. The van der Waals surface area contributed by atoms with E-state index in [-0.39, 0.29) is 11.6 Å². The van der Waals surface area contributed by atoms with Crippen molar-refractivity contribution in [1.82, 2.24) is 0 Å². The third-order valence-corrected chi connectivity index (χ3v) is 3.51. The first-order valence-electron chi connectivity index (χ1n) is 6.38. The van der Waals surface area contributed by atoms with Crippen molar-refractivity contribution in [2.24, 2.45) is 5.92 Å². The zero-order valence-electron chi connectivity index (χ0n) is 10.9. The summed E-state index contributed by atoms with van der Waals surface area (Å²) >= 11 is 3.33. The average Bonchev–Trinajstić information content (AvgIpc) is 2.37. The first-order valence-corrected chi connectivity index (χ1v) is 7.18. The van der Waals surface area contributed by atoms with E-state index in [0.29, 0.717) is 12.0 Å². The van der Waals surface area contributed by atoms with Crippen LogP contribution in [0, 0.1) is 5.92 Å². The average molecular weight is 311 g/mol. The van der Waals surface area contributed by atoms with E-state index in [1.54, 1.807) is 19.1 Å². The molecule has 0 fully saturated rings. The van der Waals surface area contributed by atoms with Gasteiger partial charge in [-0.2, -0.15) is 0 Å². The molecule has 2 nitrogen and oxygen atoms in total. The van der Waals surface area contributed by atoms with Gasteiger partial charge in [0.15, 0.2) is 5.78 Å². The molecule has 1 atom stereocenters. The number of hydrogen-bond acceptors (Lipinski definition) is 2. The molecular weight excluding hydrogens is 292 g/mol. The Morgan fingerprint density at radius 3 is 2.61 bits per heavy atom. The number of benzene rings is 1. The molecule has 0 radical (unpaired) electrons. The second-order valence-electron chi connectivity index (χ2n) is 4.52. The van der Waals surface area contributed by atoms with Crippen molar-refractivity contribution in [2.45, 2.75) is 39.5 Å². The lowest BCUT2D eigenvalue weighted by molar-refractivity contribution is -0.121. The smallest absolute Gasteiger partial charge is 0.173 e. The lowest BCUT2D eigenvalue weighted by Crippen LogP contribution is -2.21. The van der Waals surface area contributed by atoms with E-state index in [9.17, 15) is 9.59 Å². The molecule has 0 aliphatic rings. The van der Waals surface area contributed by atoms with Crippen LogP contribution in [0.2, 0.25) is 0 Å². The van der Waals surface area contributed by atoms with Crippen LogP contribution in [0.1, 0.15) is 49.9 Å². The first kappa shape index (κ1) is 15.1. The fraction of sp³-hybridized carbons (Fsp3) is 0.467. The third-order valence-electron chi connectivity index (χ3n) is 3.01. The highest BCUT2D eigenvalue weighted by atomic mass is 79.9. The summed E-state index contributed by atoms with van der Waals surface area (Å²) in [6.45, 7) is 3.80. The van der Waals surface area contributed by atoms with Gasteiger partial charge in [0.25, 0.3) is 0 Å². The lowest BCUT2D eigenvalue weighted by Gasteiger charge is -2.09. The van der Waals surface area contributed by atoms with Gasteiger partial charge in [0, 0.05) is 16.5 Å². The molecule has 3 heteroatoms. The monoisotopic (exact) mass is 310 g/mol. The Morgan fingerprint density at radius 1 is 1.28 bits per heavy atom. The van der Waals surface area contributed by atoms with Crippen molar-refractivity contribution in [1.29, 1.82) is 0 Å². The number of carbonyl (C=O) groups is 2. The third kappa shape index (κ3) is 4.37. The van der Waals surface area contributed by atoms with Crippen molar-refractivity contribution in [3.63, 3.8) is 0 Å². The van der Waals surface area contributed by atoms with Crippen LogP contribution < -0.4 is 0 Å². The summed E-state index contributed by atoms with van der Waals surface area (Å²) in [5, 5.41) is 0. The van der Waals surface area contributed by atoms with Crippen LogP contribution in [0.15, 0.2) is 28.7 Å². The second-order valence-corrected chi connectivity index (χ2v) is 5.44. The van der Waals surface area contributed by atoms with Crippen LogP contribution in [0.4, 0.5) is 0 Å². The maximum Gasteiger partial charge on any atom is 0.173 e. The summed E-state index contributed by atoms with van der Waals surface area (Å²) in [7, 11) is 0. The molecule has 0 aliphatic heterocycles. The first-order chi connectivity index (χ1) is 8.56. The van der Waals surface area contributed by atoms with Gasteiger partial charge < -0.3 is 0 Å². The maximum atomic E-state index is 12.1. The summed E-state index contributed by atoms with van der Waals surface area (Å²) in [6, 6.07) is 7.19. The van der Waals surface area contributed by atoms with E-state index < -0.39 is 5.92 Å². The Balaban J connectivity index is 2.63. The van der Waals surface area contributed by atoms with Crippen LogP contribution >= 0.6 is 15.9 Å². The Kier molecular flexibility index (Phi) is 6.27. The van der Waals surface area contributed by atoms with E-state index in [2.05, 4.69) is 22.9 Å². The van der Waals surface area contributed by atoms with Gasteiger partial charge in [0.1, 0.15) is 5.78 Å². The summed E-state index contributed by atoms with van der Waals surface area (Å²) in [5.74, 6) is -0.567. The zero-order valence-corrected chi connectivity index (χ0v) is 12.5. The van der Waals surface area contributed by atoms with Crippen molar-refractivity contribution >= 4 is 27.5 Å². The van der Waals surface area contributed by atoms with Crippen molar-refractivity contribution < 1.29 is 9.59 Å². The second kappa shape index (κ2) is 7.47. The summed E-state index contributed by atoms with van der Waals surface area (Å²) in [4.78, 5) is 24.0. The van der Waals surface area contributed by atoms with E-state index in [1.807, 2.05) is 12.1 Å². The maximum absolute atomic E-state index is 12.1. The van der Waals surface area contributed by atoms with E-state index in [4.69, 9.17) is 0 Å². The number of carbonyl (C=O) groups excluding carboxylic acids is 2. The van der Waals surface area contributed by atoms with E-state index >= 15 is 0 Å². The molecule has 0 spiro atoms. The van der Waals surface area contributed by atoms with Gasteiger partial charge in [0.2, 0.25) is 0 Å². The predicted octanol–water partition coefficient (Wildman–Crippen LogP) is 4.42. The predicted molar refractivity (Wildman–Crippen MR) is 76.8 cm³/mol. The molecule has 0 bridgehead atoms. The van der Waals surface area contributed by atoms with Crippen LogP contribution in [-0.2, 0) is 4.79 Å². The van der Waals surface area contributed by atoms with Gasteiger partial charge in [-0.1, -0.05) is 47.8 Å². The lowest BCUT2D eigenvalue weighted by atomic mass is 9.93. The minimum absolute atomic E-state index is 0.0495. The van der Waals surface area contributed by atoms with Crippen LogP contribution in [0.5, 0.6) is 0 Å². The SMILES string of the molecule is CCCCCC(=O)C(C)C(=O)c1cccc(Br)c1. The molecule has 0 aliphatic carbocycles. The van der Waals surface area contributed by atoms with Crippen LogP contribution in [-0.4, -0.2) is 11.6 Å². The standard InChI is InChI=1S/C15H19BrO2/c1-3-4-5-9-14(17)11(2)15(18)12-7-6-8-13(16)10-12/h6-8,10-11H,3-5,9H2,1-2H3. The fourth-order valence-electron chi connectivity index (χ4n) is 1.80. The van der Waals surface area contributed by atoms with Gasteiger partial charge in [-0.05, 0) is 25.5 Å². The van der Waals surface area contributed by atoms with Gasteiger partial charge in [0.05, 0.1) is 5.92 Å². The summed E-state index contributed by atoms with van der Waals surface area (Å²) in [5.41, 5.74) is 0.598. The highest BCUT2D eigenvalue weighted by Gasteiger charge is 2.22. The number of rotatable bonds is 7. The Labute approximate surface area is 117 Å². The molecule has 0 saturated heterocycles. The molecule has 1 rings (SSSR count). The summed E-state index contributed by atoms with van der Waals surface area (Å²) in [6.07, 6.45) is 3.52. The topological polar surface area (TPSA) is 34.1 Å². The molecule has 0 aromatic heterocycles. The number of halogens is 1. The summed E-state index contributed by atoms with van der Waals surface area (Å²) < 4.78 is 0.860. The molecule has 1 aromatic rings. The molecule has 0 amide bonds. The fourth-order valence-corrected chi connectivity index (χ4v) is 2.20. The molecule has 0 heterocycles. The Morgan fingerprint density at radius 2 is 2.00 bits per heavy atom. The molecule has 18 heavy (non-hydrogen) atoms. The Bertz CT molecular complexity index is 426. The highest BCUT2D eigenvalue weighted by molar-refractivity contribution is 9.10. The van der Waals surface area contributed by atoms with Gasteiger partial charge in [-0.15, -0.1) is 0 Å². The minimum atomic E-state index is -0.531. The highest BCUT2D eigenvalue weighted by Crippen LogP contribution is 2.17. The van der Waals surface area contributed by atoms with Gasteiger partial charge >= 0.3 is 0 Å². The van der Waals surface area contributed by atoms with E-state index in [0.717, 1.165) is 23.7 Å². The molecule has 0 saturated carbocycles. The van der Waals surface area contributed by atoms with Crippen LogP contribution in [0.25, 0.3) is 0 Å². The molecule has 1 aromatic carbocycles. The quantitative estimate of drug-likeness (QED) is 0.424. The van der Waals surface area contributed by atoms with Crippen molar-refractivity contribution in [3.8, 4) is 0 Å². The van der Waals surface area contributed by atoms with Crippen molar-refractivity contribution in [2.75, 3.05) is 0 Å². The zero-order chi connectivity index (χ0) is 13.5. The van der Waals surface area contributed by atoms with Gasteiger partial charge in [-0.3, -0.25) is 9.59 Å². The minimum Gasteiger partial charge on any atom is -0.299 e. The molecule has 0 N–H and O–H groups in total. The number of Topliss-reactive ketones (excluding diaryl/α,β-unsaturated/α-hetero) is 2.